The lowest BCUT2D eigenvalue weighted by Crippen LogP contribution is -2.22. The molecule has 39 heavy (non-hydrogen) atoms. The highest BCUT2D eigenvalue weighted by Gasteiger charge is 2.12. The van der Waals surface area contributed by atoms with Gasteiger partial charge in [-0.1, -0.05) is 54.6 Å². The summed E-state index contributed by atoms with van der Waals surface area (Å²) in [6, 6.07) is 13.1. The lowest BCUT2D eigenvalue weighted by Gasteiger charge is -2.18. The first-order valence-electron chi connectivity index (χ1n) is 13.2. The average molecular weight is 555 g/mol. The fourth-order valence-electron chi connectivity index (χ4n) is 4.41. The number of sulfone groups is 1. The second kappa shape index (κ2) is 15.5. The molecule has 7 heteroatoms. The lowest BCUT2D eigenvalue weighted by molar-refractivity contribution is 0.0456. The number of hydrogen-bond donors (Lipinski definition) is 0. The van der Waals surface area contributed by atoms with Crippen molar-refractivity contribution in [2.75, 3.05) is 27.2 Å². The van der Waals surface area contributed by atoms with Crippen LogP contribution in [-0.4, -0.2) is 46.4 Å². The van der Waals surface area contributed by atoms with Gasteiger partial charge in [-0.15, -0.1) is 0 Å². The van der Waals surface area contributed by atoms with Gasteiger partial charge in [-0.2, -0.15) is 0 Å². The molecule has 0 fully saturated rings. The third kappa shape index (κ3) is 10.2. The van der Waals surface area contributed by atoms with Gasteiger partial charge >= 0.3 is 0 Å². The van der Waals surface area contributed by atoms with E-state index in [0.717, 1.165) is 58.6 Å². The van der Waals surface area contributed by atoms with Crippen LogP contribution in [0.5, 0.6) is 0 Å². The summed E-state index contributed by atoms with van der Waals surface area (Å²) < 4.78 is 41.2. The molecule has 0 unspecified atom stereocenters. The van der Waals surface area contributed by atoms with Crippen molar-refractivity contribution in [3.63, 3.8) is 0 Å². The first-order valence-corrected chi connectivity index (χ1v) is 15.1. The van der Waals surface area contributed by atoms with Crippen molar-refractivity contribution in [1.29, 1.82) is 0 Å². The van der Waals surface area contributed by atoms with Crippen LogP contribution in [0, 0.1) is 6.92 Å². The molecule has 0 spiro atoms. The predicted octanol–water partition coefficient (Wildman–Crippen LogP) is 7.47. The molecule has 0 aliphatic heterocycles. The van der Waals surface area contributed by atoms with Crippen LogP contribution in [0.2, 0.25) is 0 Å². The van der Waals surface area contributed by atoms with Crippen LogP contribution in [0.15, 0.2) is 82.4 Å². The van der Waals surface area contributed by atoms with Crippen molar-refractivity contribution < 1.29 is 17.5 Å². The van der Waals surface area contributed by atoms with Gasteiger partial charge in [-0.3, -0.25) is 0 Å². The maximum atomic E-state index is 12.6. The van der Waals surface area contributed by atoms with Crippen molar-refractivity contribution in [1.82, 2.24) is 4.90 Å². The fraction of sp³-hybridized carbons (Fsp3) is 0.406. The Morgan fingerprint density at radius 1 is 1.08 bits per heavy atom. The van der Waals surface area contributed by atoms with Gasteiger partial charge in [0.2, 0.25) is 0 Å². The summed E-state index contributed by atoms with van der Waals surface area (Å²) in [6.07, 6.45) is 9.19. The van der Waals surface area contributed by atoms with Gasteiger partial charge in [-0.05, 0) is 80.0 Å². The van der Waals surface area contributed by atoms with Gasteiger partial charge in [0.1, 0.15) is 5.84 Å². The summed E-state index contributed by atoms with van der Waals surface area (Å²) in [4.78, 5) is 7.35. The van der Waals surface area contributed by atoms with E-state index in [9.17, 15) is 12.8 Å². The number of amidine groups is 1. The number of allylic oxidation sites excluding steroid dienone is 4. The van der Waals surface area contributed by atoms with Gasteiger partial charge < -0.3 is 9.64 Å². The van der Waals surface area contributed by atoms with Crippen molar-refractivity contribution >= 4 is 21.2 Å². The Morgan fingerprint density at radius 2 is 1.77 bits per heavy atom. The number of ether oxygens (including phenoxy) is 1. The van der Waals surface area contributed by atoms with E-state index in [1.807, 2.05) is 71.3 Å². The Bertz CT molecular complexity index is 1310. The largest absolute Gasteiger partial charge is 0.366 e. The molecule has 0 aromatic heterocycles. The van der Waals surface area contributed by atoms with Crippen LogP contribution < -0.4 is 0 Å². The van der Waals surface area contributed by atoms with Crippen molar-refractivity contribution in [3.05, 3.63) is 94.7 Å². The van der Waals surface area contributed by atoms with E-state index in [1.54, 1.807) is 12.1 Å². The smallest absolute Gasteiger partial charge is 0.188 e. The van der Waals surface area contributed by atoms with Crippen molar-refractivity contribution in [3.8, 4) is 0 Å². The van der Waals surface area contributed by atoms with Crippen LogP contribution >= 0.6 is 0 Å². The Morgan fingerprint density at radius 3 is 2.33 bits per heavy atom. The van der Waals surface area contributed by atoms with Gasteiger partial charge in [0.05, 0.1) is 11.5 Å². The molecule has 0 amide bonds. The minimum absolute atomic E-state index is 0.286. The van der Waals surface area contributed by atoms with Crippen molar-refractivity contribution in [2.45, 2.75) is 64.4 Å². The number of nitrogens with zero attached hydrogens (tertiary/aromatic N) is 2. The maximum Gasteiger partial charge on any atom is 0.188 e. The average Bonchev–Trinajstić information content (AvgIpc) is 2.89. The summed E-state index contributed by atoms with van der Waals surface area (Å²) in [5.41, 5.74) is 7.43. The number of rotatable bonds is 14. The Hall–Kier alpha value is -3.03. The summed E-state index contributed by atoms with van der Waals surface area (Å²) in [5.74, 6) is 0.993. The molecular formula is C32H43FN2O3S. The SMILES string of the molecule is C=C(CC(=C\C)/N=C(/CCCc1cccc(C)c1COCF)N(C)C)C/C(=C\C)c1ccc(S(C)(=O)=O)cc1. The molecule has 0 heterocycles. The zero-order chi connectivity index (χ0) is 29.0. The van der Waals surface area contributed by atoms with Crippen molar-refractivity contribution in [2.24, 2.45) is 4.99 Å². The minimum Gasteiger partial charge on any atom is -0.366 e. The van der Waals surface area contributed by atoms with E-state index >= 15 is 0 Å². The van der Waals surface area contributed by atoms with Gasteiger partial charge in [0.15, 0.2) is 16.7 Å². The second-order valence-corrected chi connectivity index (χ2v) is 12.0. The Kier molecular flexibility index (Phi) is 12.8. The van der Waals surface area contributed by atoms with Gasteiger partial charge in [0.25, 0.3) is 0 Å². The van der Waals surface area contributed by atoms with E-state index in [4.69, 9.17) is 9.73 Å². The van der Waals surface area contributed by atoms with Crippen LogP contribution in [0.3, 0.4) is 0 Å². The summed E-state index contributed by atoms with van der Waals surface area (Å²) in [5, 5.41) is 0. The number of aryl methyl sites for hydroxylation is 2. The molecule has 212 valence electrons. The number of benzene rings is 2. The number of alkyl halides is 1. The molecule has 0 saturated carbocycles. The second-order valence-electron chi connectivity index (χ2n) is 9.94. The van der Waals surface area contributed by atoms with E-state index < -0.39 is 16.7 Å². The molecule has 5 nitrogen and oxygen atoms in total. The molecule has 0 bridgehead atoms. The predicted molar refractivity (Wildman–Crippen MR) is 161 cm³/mol. The molecule has 0 aliphatic rings. The highest BCUT2D eigenvalue weighted by molar-refractivity contribution is 7.90. The molecule has 0 aliphatic carbocycles. The summed E-state index contributed by atoms with van der Waals surface area (Å²) in [6.45, 7) is 9.81. The molecule has 0 N–H and O–H groups in total. The molecule has 2 aromatic carbocycles. The van der Waals surface area contributed by atoms with Crippen LogP contribution in [0.4, 0.5) is 4.39 Å². The normalized spacial score (nSPS) is 13.1. The van der Waals surface area contributed by atoms with E-state index in [-0.39, 0.29) is 6.61 Å². The van der Waals surface area contributed by atoms with Crippen LogP contribution in [0.25, 0.3) is 5.57 Å². The quantitative estimate of drug-likeness (QED) is 0.138. The zero-order valence-corrected chi connectivity index (χ0v) is 25.1. The Labute approximate surface area is 234 Å². The zero-order valence-electron chi connectivity index (χ0n) is 24.3. The maximum absolute atomic E-state index is 12.6. The van der Waals surface area contributed by atoms with E-state index in [1.165, 1.54) is 11.8 Å². The number of halogens is 1. The molecule has 2 rings (SSSR count). The summed E-state index contributed by atoms with van der Waals surface area (Å²) >= 11 is 0. The fourth-order valence-corrected chi connectivity index (χ4v) is 5.04. The third-order valence-electron chi connectivity index (χ3n) is 6.67. The highest BCUT2D eigenvalue weighted by atomic mass is 32.2. The standard InChI is InChI=1S/C32H43FN2O3S/c1-8-26(27-16-18-30(19-17-27)39(7,36)37)20-24(3)21-29(9-2)34-32(35(5)6)15-11-14-28-13-10-12-25(4)31(28)22-38-23-33/h8-10,12-13,16-19H,3,11,14-15,20-23H2,1-2,4-7H3/b26-8+,29-9+,34-32-. The van der Waals surface area contributed by atoms with E-state index in [2.05, 4.69) is 17.5 Å². The lowest BCUT2D eigenvalue weighted by atomic mass is 9.96. The van der Waals surface area contributed by atoms with Gasteiger partial charge in [-0.25, -0.2) is 17.8 Å². The molecule has 2 aromatic rings. The van der Waals surface area contributed by atoms with Crippen LogP contribution in [0.1, 0.15) is 61.8 Å². The first-order chi connectivity index (χ1) is 18.5. The monoisotopic (exact) mass is 554 g/mol. The molecule has 0 saturated heterocycles. The topological polar surface area (TPSA) is 59.0 Å². The minimum atomic E-state index is -3.23. The highest BCUT2D eigenvalue weighted by Crippen LogP contribution is 2.27. The summed E-state index contributed by atoms with van der Waals surface area (Å²) in [7, 11) is 0.786. The molecular weight excluding hydrogens is 511 g/mol. The van der Waals surface area contributed by atoms with E-state index in [0.29, 0.717) is 17.7 Å². The van der Waals surface area contributed by atoms with Crippen LogP contribution in [-0.2, 0) is 27.6 Å². The number of hydrogen-bond acceptors (Lipinski definition) is 4. The molecule has 0 atom stereocenters. The Balaban J connectivity index is 2.06. The number of aliphatic imine (C=N–C) groups is 1. The first kappa shape index (κ1) is 32.2. The van der Waals surface area contributed by atoms with Gasteiger partial charge in [0, 0.05) is 38.9 Å². The molecule has 0 radical (unpaired) electrons. The third-order valence-corrected chi connectivity index (χ3v) is 7.80.